The van der Waals surface area contributed by atoms with Crippen LogP contribution in [0.25, 0.3) is 17.0 Å². The molecule has 0 saturated carbocycles. The van der Waals surface area contributed by atoms with Crippen LogP contribution in [0.15, 0.2) is 54.0 Å². The molecule has 0 aliphatic carbocycles. The van der Waals surface area contributed by atoms with Crippen LogP contribution in [0.3, 0.4) is 0 Å². The fourth-order valence-corrected chi connectivity index (χ4v) is 3.37. The number of fused-ring (bicyclic) bond motifs is 1. The minimum Gasteiger partial charge on any atom is -0.332 e. The lowest BCUT2D eigenvalue weighted by Gasteiger charge is -2.02. The van der Waals surface area contributed by atoms with Gasteiger partial charge in [-0.25, -0.2) is 9.97 Å². The third-order valence-corrected chi connectivity index (χ3v) is 4.54. The fraction of sp³-hybridized carbons (Fsp3) is 0.0588. The number of hydrogen-bond donors (Lipinski definition) is 1. The second kappa shape index (κ2) is 5.99. The number of aromatic nitrogens is 3. The highest BCUT2D eigenvalue weighted by Gasteiger charge is 2.14. The Kier molecular flexibility index (Phi) is 3.66. The van der Waals surface area contributed by atoms with E-state index in [1.807, 2.05) is 41.1 Å². The van der Waals surface area contributed by atoms with Crippen LogP contribution in [-0.2, 0) is 0 Å². The SMILES string of the molecule is Cc1nc2ccccn2c1-c1csc(Nc2ccc([N+](=O)[O-])cc2)n1. The molecule has 4 aromatic rings. The summed E-state index contributed by atoms with van der Waals surface area (Å²) in [4.78, 5) is 19.5. The first-order valence-corrected chi connectivity index (χ1v) is 8.41. The van der Waals surface area contributed by atoms with Crippen molar-refractivity contribution in [1.82, 2.24) is 14.4 Å². The maximum absolute atomic E-state index is 10.7. The van der Waals surface area contributed by atoms with Gasteiger partial charge in [0, 0.05) is 29.4 Å². The Morgan fingerprint density at radius 1 is 1.16 bits per heavy atom. The molecule has 0 fully saturated rings. The normalized spacial score (nSPS) is 10.9. The van der Waals surface area contributed by atoms with E-state index in [1.54, 1.807) is 12.1 Å². The van der Waals surface area contributed by atoms with E-state index in [1.165, 1.54) is 23.5 Å². The highest BCUT2D eigenvalue weighted by molar-refractivity contribution is 7.14. The molecule has 0 amide bonds. The zero-order chi connectivity index (χ0) is 17.4. The van der Waals surface area contributed by atoms with Gasteiger partial charge in [-0.3, -0.25) is 14.5 Å². The monoisotopic (exact) mass is 351 g/mol. The summed E-state index contributed by atoms with van der Waals surface area (Å²) >= 11 is 1.47. The standard InChI is InChI=1S/C17H13N5O2S/c1-11-16(21-9-3-2-4-15(21)18-11)14-10-25-17(20-14)19-12-5-7-13(8-6-12)22(23)24/h2-10H,1H3,(H,19,20). The van der Waals surface area contributed by atoms with E-state index in [9.17, 15) is 10.1 Å². The molecule has 1 N–H and O–H groups in total. The zero-order valence-corrected chi connectivity index (χ0v) is 14.0. The van der Waals surface area contributed by atoms with Crippen molar-refractivity contribution >= 4 is 33.5 Å². The Balaban J connectivity index is 1.63. The predicted octanol–water partition coefficient (Wildman–Crippen LogP) is 4.42. The summed E-state index contributed by atoms with van der Waals surface area (Å²) in [6.45, 7) is 1.96. The summed E-state index contributed by atoms with van der Waals surface area (Å²) in [5.74, 6) is 0. The van der Waals surface area contributed by atoms with Crippen molar-refractivity contribution in [3.8, 4) is 11.4 Å². The van der Waals surface area contributed by atoms with Gasteiger partial charge in [0.05, 0.1) is 16.3 Å². The van der Waals surface area contributed by atoms with E-state index in [0.29, 0.717) is 5.13 Å². The van der Waals surface area contributed by atoms with Crippen LogP contribution >= 0.6 is 11.3 Å². The average molecular weight is 351 g/mol. The molecule has 1 aromatic carbocycles. The van der Waals surface area contributed by atoms with Crippen LogP contribution in [0.4, 0.5) is 16.5 Å². The van der Waals surface area contributed by atoms with Crippen LogP contribution in [-0.4, -0.2) is 19.3 Å². The predicted molar refractivity (Wildman–Crippen MR) is 97.4 cm³/mol. The number of pyridine rings is 1. The number of nitrogens with one attached hydrogen (secondary N) is 1. The van der Waals surface area contributed by atoms with E-state index in [0.717, 1.165) is 28.4 Å². The van der Waals surface area contributed by atoms with Gasteiger partial charge in [0.15, 0.2) is 5.13 Å². The lowest BCUT2D eigenvalue weighted by atomic mass is 10.3. The van der Waals surface area contributed by atoms with E-state index < -0.39 is 4.92 Å². The molecular weight excluding hydrogens is 338 g/mol. The molecule has 0 saturated heterocycles. The molecule has 25 heavy (non-hydrogen) atoms. The molecule has 3 aromatic heterocycles. The van der Waals surface area contributed by atoms with Crippen molar-refractivity contribution in [2.75, 3.05) is 5.32 Å². The number of benzene rings is 1. The molecule has 4 rings (SSSR count). The van der Waals surface area contributed by atoms with E-state index in [2.05, 4.69) is 15.3 Å². The Hall–Kier alpha value is -3.26. The number of nitro groups is 1. The van der Waals surface area contributed by atoms with E-state index in [4.69, 9.17) is 0 Å². The molecule has 0 spiro atoms. The largest absolute Gasteiger partial charge is 0.332 e. The van der Waals surface area contributed by atoms with Gasteiger partial charge in [0.2, 0.25) is 0 Å². The lowest BCUT2D eigenvalue weighted by molar-refractivity contribution is -0.384. The van der Waals surface area contributed by atoms with Gasteiger partial charge in [-0.1, -0.05) is 6.07 Å². The number of non-ortho nitro benzene ring substituents is 1. The number of hydrogen-bond acceptors (Lipinski definition) is 6. The zero-order valence-electron chi connectivity index (χ0n) is 13.2. The fourth-order valence-electron chi connectivity index (χ4n) is 2.65. The van der Waals surface area contributed by atoms with E-state index >= 15 is 0 Å². The first kappa shape index (κ1) is 15.3. The number of nitrogens with zero attached hydrogens (tertiary/aromatic N) is 4. The quantitative estimate of drug-likeness (QED) is 0.434. The molecule has 0 atom stereocenters. The minimum atomic E-state index is -0.418. The topological polar surface area (TPSA) is 85.4 Å². The van der Waals surface area contributed by atoms with Crippen LogP contribution in [0.5, 0.6) is 0 Å². The number of nitro benzene ring substituents is 1. The smallest absolute Gasteiger partial charge is 0.269 e. The summed E-state index contributed by atoms with van der Waals surface area (Å²) in [5.41, 5.74) is 4.41. The number of aryl methyl sites for hydroxylation is 1. The Morgan fingerprint density at radius 3 is 2.72 bits per heavy atom. The van der Waals surface area contributed by atoms with Crippen molar-refractivity contribution < 1.29 is 4.92 Å². The summed E-state index contributed by atoms with van der Waals surface area (Å²) in [7, 11) is 0. The highest BCUT2D eigenvalue weighted by Crippen LogP contribution is 2.30. The van der Waals surface area contributed by atoms with Crippen molar-refractivity contribution in [3.63, 3.8) is 0 Å². The first-order chi connectivity index (χ1) is 12.1. The second-order valence-corrected chi connectivity index (χ2v) is 6.30. The maximum Gasteiger partial charge on any atom is 0.269 e. The molecule has 3 heterocycles. The Labute approximate surface area is 146 Å². The minimum absolute atomic E-state index is 0.0618. The Bertz CT molecular complexity index is 1070. The van der Waals surface area contributed by atoms with Crippen LogP contribution < -0.4 is 5.32 Å². The van der Waals surface area contributed by atoms with Crippen molar-refractivity contribution in [3.05, 3.63) is 69.8 Å². The Morgan fingerprint density at radius 2 is 1.96 bits per heavy atom. The van der Waals surface area contributed by atoms with Crippen molar-refractivity contribution in [2.45, 2.75) is 6.92 Å². The van der Waals surface area contributed by atoms with Gasteiger partial charge in [0.1, 0.15) is 11.3 Å². The molecular formula is C17H13N5O2S. The van der Waals surface area contributed by atoms with Crippen molar-refractivity contribution in [1.29, 1.82) is 0 Å². The van der Waals surface area contributed by atoms with Gasteiger partial charge in [-0.15, -0.1) is 11.3 Å². The number of anilines is 2. The highest BCUT2D eigenvalue weighted by atomic mass is 32.1. The van der Waals surface area contributed by atoms with E-state index in [-0.39, 0.29) is 5.69 Å². The van der Waals surface area contributed by atoms with Gasteiger partial charge in [-0.05, 0) is 31.2 Å². The third kappa shape index (κ3) is 2.83. The second-order valence-electron chi connectivity index (χ2n) is 5.44. The number of thiazole rings is 1. The maximum atomic E-state index is 10.7. The molecule has 0 aliphatic rings. The molecule has 0 radical (unpaired) electrons. The van der Waals surface area contributed by atoms with Gasteiger partial charge in [0.25, 0.3) is 5.69 Å². The van der Waals surface area contributed by atoms with Gasteiger partial charge >= 0.3 is 0 Å². The molecule has 0 unspecified atom stereocenters. The molecule has 8 heteroatoms. The van der Waals surface area contributed by atoms with Crippen LogP contribution in [0.2, 0.25) is 0 Å². The van der Waals surface area contributed by atoms with Gasteiger partial charge < -0.3 is 5.32 Å². The first-order valence-electron chi connectivity index (χ1n) is 7.53. The summed E-state index contributed by atoms with van der Waals surface area (Å²) in [5, 5.41) is 16.6. The molecule has 7 nitrogen and oxygen atoms in total. The summed E-state index contributed by atoms with van der Waals surface area (Å²) in [6.07, 6.45) is 1.97. The molecule has 124 valence electrons. The van der Waals surface area contributed by atoms with Crippen LogP contribution in [0, 0.1) is 17.0 Å². The van der Waals surface area contributed by atoms with Gasteiger partial charge in [-0.2, -0.15) is 0 Å². The number of imidazole rings is 1. The lowest BCUT2D eigenvalue weighted by Crippen LogP contribution is -1.92. The molecule has 0 bridgehead atoms. The average Bonchev–Trinajstić information content (AvgIpc) is 3.18. The summed E-state index contributed by atoms with van der Waals surface area (Å²) in [6, 6.07) is 12.1. The summed E-state index contributed by atoms with van der Waals surface area (Å²) < 4.78 is 2.01. The number of rotatable bonds is 4. The molecule has 0 aliphatic heterocycles. The van der Waals surface area contributed by atoms with Crippen LogP contribution in [0.1, 0.15) is 5.69 Å². The third-order valence-electron chi connectivity index (χ3n) is 3.78. The van der Waals surface area contributed by atoms with Crippen molar-refractivity contribution in [2.24, 2.45) is 0 Å².